The maximum atomic E-state index is 11.6. The highest BCUT2D eigenvalue weighted by Gasteiger charge is 2.33. The summed E-state index contributed by atoms with van der Waals surface area (Å²) in [5.41, 5.74) is 5.79. The molecule has 0 aliphatic heterocycles. The average molecular weight is 273 g/mol. The Bertz CT molecular complexity index is 371. The number of furan rings is 1. The lowest BCUT2D eigenvalue weighted by molar-refractivity contribution is 0.0901. The highest BCUT2D eigenvalue weighted by Crippen LogP contribution is 2.28. The SMILES string of the molecule is NC1(CNC(=O)c2occc2Br)CCC1. The Morgan fingerprint density at radius 1 is 1.67 bits per heavy atom. The Morgan fingerprint density at radius 2 is 2.40 bits per heavy atom. The highest BCUT2D eigenvalue weighted by atomic mass is 79.9. The third-order valence-electron chi connectivity index (χ3n) is 2.77. The molecule has 0 aromatic carbocycles. The smallest absolute Gasteiger partial charge is 0.288 e. The maximum absolute atomic E-state index is 11.6. The lowest BCUT2D eigenvalue weighted by Gasteiger charge is -2.37. The van der Waals surface area contributed by atoms with Crippen LogP contribution in [-0.2, 0) is 0 Å². The molecule has 1 amide bonds. The predicted molar refractivity (Wildman–Crippen MR) is 59.5 cm³/mol. The zero-order chi connectivity index (χ0) is 10.9. The molecule has 5 heteroatoms. The molecule has 82 valence electrons. The zero-order valence-corrected chi connectivity index (χ0v) is 9.84. The van der Waals surface area contributed by atoms with Crippen molar-refractivity contribution in [2.45, 2.75) is 24.8 Å². The molecule has 1 fully saturated rings. The molecule has 1 aliphatic rings. The molecule has 4 nitrogen and oxygen atoms in total. The Balaban J connectivity index is 1.90. The minimum Gasteiger partial charge on any atom is -0.458 e. The molecule has 0 unspecified atom stereocenters. The molecule has 0 bridgehead atoms. The van der Waals surface area contributed by atoms with Crippen molar-refractivity contribution in [3.63, 3.8) is 0 Å². The topological polar surface area (TPSA) is 68.3 Å². The average Bonchev–Trinajstić information content (AvgIpc) is 2.58. The number of nitrogens with two attached hydrogens (primary N) is 1. The van der Waals surface area contributed by atoms with Gasteiger partial charge in [0, 0.05) is 12.1 Å². The molecule has 1 saturated carbocycles. The van der Waals surface area contributed by atoms with Gasteiger partial charge in [-0.05, 0) is 41.3 Å². The number of carbonyl (C=O) groups is 1. The molecular formula is C10H13BrN2O2. The molecule has 2 rings (SSSR count). The lowest BCUT2D eigenvalue weighted by atomic mass is 9.78. The van der Waals surface area contributed by atoms with Gasteiger partial charge in [-0.1, -0.05) is 0 Å². The van der Waals surface area contributed by atoms with Gasteiger partial charge in [-0.3, -0.25) is 4.79 Å². The van der Waals surface area contributed by atoms with Crippen LogP contribution in [0.3, 0.4) is 0 Å². The molecule has 1 aromatic rings. The first-order valence-corrected chi connectivity index (χ1v) is 5.70. The van der Waals surface area contributed by atoms with Gasteiger partial charge in [0.1, 0.15) is 0 Å². The van der Waals surface area contributed by atoms with Crippen LogP contribution in [0, 0.1) is 0 Å². The van der Waals surface area contributed by atoms with E-state index in [-0.39, 0.29) is 11.4 Å². The van der Waals surface area contributed by atoms with Crippen LogP contribution in [0.5, 0.6) is 0 Å². The van der Waals surface area contributed by atoms with E-state index >= 15 is 0 Å². The Labute approximate surface area is 96.3 Å². The third kappa shape index (κ3) is 2.23. The number of hydrogen-bond donors (Lipinski definition) is 2. The fraction of sp³-hybridized carbons (Fsp3) is 0.500. The first-order chi connectivity index (χ1) is 7.11. The van der Waals surface area contributed by atoms with Crippen molar-refractivity contribution < 1.29 is 9.21 Å². The van der Waals surface area contributed by atoms with Crippen molar-refractivity contribution in [3.05, 3.63) is 22.6 Å². The van der Waals surface area contributed by atoms with E-state index < -0.39 is 0 Å². The number of halogens is 1. The van der Waals surface area contributed by atoms with Crippen LogP contribution in [0.25, 0.3) is 0 Å². The van der Waals surface area contributed by atoms with Crippen molar-refractivity contribution in [1.29, 1.82) is 0 Å². The molecule has 1 heterocycles. The maximum Gasteiger partial charge on any atom is 0.288 e. The van der Waals surface area contributed by atoms with E-state index in [1.807, 2.05) is 0 Å². The van der Waals surface area contributed by atoms with Crippen molar-refractivity contribution in [1.82, 2.24) is 5.32 Å². The van der Waals surface area contributed by atoms with Crippen molar-refractivity contribution in [2.24, 2.45) is 5.73 Å². The Morgan fingerprint density at radius 3 is 2.87 bits per heavy atom. The number of hydrogen-bond acceptors (Lipinski definition) is 3. The number of rotatable bonds is 3. The fourth-order valence-electron chi connectivity index (χ4n) is 1.60. The van der Waals surface area contributed by atoms with Crippen LogP contribution in [0.1, 0.15) is 29.8 Å². The lowest BCUT2D eigenvalue weighted by Crippen LogP contribution is -2.54. The molecule has 0 atom stereocenters. The van der Waals surface area contributed by atoms with Gasteiger partial charge in [0.25, 0.3) is 5.91 Å². The number of nitrogens with one attached hydrogen (secondary N) is 1. The van der Waals surface area contributed by atoms with Crippen LogP contribution in [0.15, 0.2) is 21.2 Å². The van der Waals surface area contributed by atoms with Crippen molar-refractivity contribution >= 4 is 21.8 Å². The van der Waals surface area contributed by atoms with Gasteiger partial charge in [-0.15, -0.1) is 0 Å². The van der Waals surface area contributed by atoms with E-state index in [4.69, 9.17) is 10.2 Å². The normalized spacial score (nSPS) is 18.3. The molecule has 1 aromatic heterocycles. The van der Waals surface area contributed by atoms with E-state index in [1.54, 1.807) is 6.07 Å². The van der Waals surface area contributed by atoms with E-state index in [1.165, 1.54) is 6.26 Å². The molecule has 15 heavy (non-hydrogen) atoms. The minimum atomic E-state index is -0.219. The summed E-state index contributed by atoms with van der Waals surface area (Å²) in [4.78, 5) is 11.6. The van der Waals surface area contributed by atoms with Gasteiger partial charge >= 0.3 is 0 Å². The van der Waals surface area contributed by atoms with Gasteiger partial charge in [0.2, 0.25) is 5.76 Å². The number of amides is 1. The summed E-state index contributed by atoms with van der Waals surface area (Å²) in [5.74, 6) is 0.0847. The van der Waals surface area contributed by atoms with Gasteiger partial charge in [0.15, 0.2) is 0 Å². The quantitative estimate of drug-likeness (QED) is 0.879. The molecule has 3 N–H and O–H groups in total. The monoisotopic (exact) mass is 272 g/mol. The second-order valence-corrected chi connectivity index (χ2v) is 4.85. The van der Waals surface area contributed by atoms with Crippen molar-refractivity contribution in [2.75, 3.05) is 6.54 Å². The second-order valence-electron chi connectivity index (χ2n) is 4.00. The van der Waals surface area contributed by atoms with Crippen LogP contribution < -0.4 is 11.1 Å². The summed E-state index contributed by atoms with van der Waals surface area (Å²) in [6, 6.07) is 1.69. The first kappa shape index (κ1) is 10.7. The molecule has 0 saturated heterocycles. The Hall–Kier alpha value is -0.810. The molecule has 1 aliphatic carbocycles. The minimum absolute atomic E-state index is 0.200. The van der Waals surface area contributed by atoms with Gasteiger partial charge in [-0.25, -0.2) is 0 Å². The highest BCUT2D eigenvalue weighted by molar-refractivity contribution is 9.10. The zero-order valence-electron chi connectivity index (χ0n) is 8.25. The summed E-state index contributed by atoms with van der Waals surface area (Å²) < 4.78 is 5.71. The van der Waals surface area contributed by atoms with Crippen LogP contribution in [0.2, 0.25) is 0 Å². The molecular weight excluding hydrogens is 260 g/mol. The second kappa shape index (κ2) is 3.98. The van der Waals surface area contributed by atoms with E-state index in [0.29, 0.717) is 16.8 Å². The van der Waals surface area contributed by atoms with Gasteiger partial charge < -0.3 is 15.5 Å². The van der Waals surface area contributed by atoms with Gasteiger partial charge in [-0.2, -0.15) is 0 Å². The van der Waals surface area contributed by atoms with E-state index in [9.17, 15) is 4.79 Å². The van der Waals surface area contributed by atoms with Crippen LogP contribution in [0.4, 0.5) is 0 Å². The van der Waals surface area contributed by atoms with Crippen LogP contribution in [-0.4, -0.2) is 18.0 Å². The third-order valence-corrected chi connectivity index (χ3v) is 3.40. The van der Waals surface area contributed by atoms with Crippen LogP contribution >= 0.6 is 15.9 Å². The summed E-state index contributed by atoms with van der Waals surface area (Å²) in [6.07, 6.45) is 4.58. The molecule has 0 spiro atoms. The van der Waals surface area contributed by atoms with Gasteiger partial charge in [0.05, 0.1) is 10.7 Å². The Kier molecular flexibility index (Phi) is 2.84. The van der Waals surface area contributed by atoms with E-state index in [2.05, 4.69) is 21.2 Å². The summed E-state index contributed by atoms with van der Waals surface area (Å²) in [7, 11) is 0. The fourth-order valence-corrected chi connectivity index (χ4v) is 1.98. The first-order valence-electron chi connectivity index (χ1n) is 4.91. The standard InChI is InChI=1S/C10H13BrN2O2/c11-7-2-5-15-8(7)9(14)13-6-10(12)3-1-4-10/h2,5H,1,3-4,6,12H2,(H,13,14). The van der Waals surface area contributed by atoms with Crippen molar-refractivity contribution in [3.8, 4) is 0 Å². The molecule has 0 radical (unpaired) electrons. The summed E-state index contributed by atoms with van der Waals surface area (Å²) >= 11 is 3.23. The number of carbonyl (C=O) groups excluding carboxylic acids is 1. The largest absolute Gasteiger partial charge is 0.458 e. The summed E-state index contributed by atoms with van der Waals surface area (Å²) in [5, 5.41) is 2.78. The summed E-state index contributed by atoms with van der Waals surface area (Å²) in [6.45, 7) is 0.513. The van der Waals surface area contributed by atoms with E-state index in [0.717, 1.165) is 19.3 Å². The predicted octanol–water partition coefficient (Wildman–Crippen LogP) is 1.65.